The Labute approximate surface area is 85.4 Å². The summed E-state index contributed by atoms with van der Waals surface area (Å²) in [5.74, 6) is 5.51. The first-order valence-electron chi connectivity index (χ1n) is 5.04. The summed E-state index contributed by atoms with van der Waals surface area (Å²) in [5, 5.41) is 1.70. The monoisotopic (exact) mass is 200 g/mol. The van der Waals surface area contributed by atoms with Gasteiger partial charge < -0.3 is 4.74 Å². The Hall–Kier alpha value is -0.610. The molecule has 1 fully saturated rings. The van der Waals surface area contributed by atoms with E-state index in [0.717, 1.165) is 6.42 Å². The summed E-state index contributed by atoms with van der Waals surface area (Å²) >= 11 is 0. The standard InChI is InChI=1S/C10H20N2O2/c1-7-5-8(6-12(7)11)9(13)14-10(2,3)4/h7-8H,5-6,11H2,1-4H3/t7-,8-/m0/s1. The minimum atomic E-state index is -0.400. The van der Waals surface area contributed by atoms with Gasteiger partial charge in [-0.05, 0) is 34.1 Å². The highest BCUT2D eigenvalue weighted by atomic mass is 16.6. The van der Waals surface area contributed by atoms with Gasteiger partial charge in [-0.1, -0.05) is 0 Å². The molecule has 1 heterocycles. The number of rotatable bonds is 1. The summed E-state index contributed by atoms with van der Waals surface area (Å²) in [7, 11) is 0. The van der Waals surface area contributed by atoms with E-state index < -0.39 is 5.60 Å². The number of nitrogens with two attached hydrogens (primary N) is 1. The van der Waals surface area contributed by atoms with Crippen molar-refractivity contribution in [2.75, 3.05) is 6.54 Å². The Balaban J connectivity index is 2.48. The summed E-state index contributed by atoms with van der Waals surface area (Å²) in [4.78, 5) is 11.6. The van der Waals surface area contributed by atoms with Crippen LogP contribution < -0.4 is 5.84 Å². The van der Waals surface area contributed by atoms with Gasteiger partial charge in [0, 0.05) is 12.6 Å². The summed E-state index contributed by atoms with van der Waals surface area (Å²) in [6, 6.07) is 0.271. The fourth-order valence-corrected chi connectivity index (χ4v) is 1.61. The predicted molar refractivity (Wildman–Crippen MR) is 54.3 cm³/mol. The molecule has 0 aromatic heterocycles. The topological polar surface area (TPSA) is 55.6 Å². The van der Waals surface area contributed by atoms with Crippen molar-refractivity contribution in [2.24, 2.45) is 11.8 Å². The highest BCUT2D eigenvalue weighted by Gasteiger charge is 2.34. The number of esters is 1. The lowest BCUT2D eigenvalue weighted by molar-refractivity contribution is -0.159. The van der Waals surface area contributed by atoms with E-state index >= 15 is 0 Å². The lowest BCUT2D eigenvalue weighted by Gasteiger charge is -2.21. The third-order valence-electron chi connectivity index (χ3n) is 2.36. The van der Waals surface area contributed by atoms with E-state index in [1.807, 2.05) is 27.7 Å². The van der Waals surface area contributed by atoms with Crippen LogP contribution in [0.2, 0.25) is 0 Å². The summed E-state index contributed by atoms with van der Waals surface area (Å²) in [6.07, 6.45) is 0.797. The summed E-state index contributed by atoms with van der Waals surface area (Å²) < 4.78 is 5.30. The van der Waals surface area contributed by atoms with Crippen LogP contribution in [0.4, 0.5) is 0 Å². The van der Waals surface area contributed by atoms with Gasteiger partial charge in [0.05, 0.1) is 5.92 Å². The molecule has 82 valence electrons. The van der Waals surface area contributed by atoms with Crippen molar-refractivity contribution >= 4 is 5.97 Å². The van der Waals surface area contributed by atoms with Gasteiger partial charge >= 0.3 is 5.97 Å². The second-order valence-corrected chi connectivity index (χ2v) is 5.01. The molecular weight excluding hydrogens is 180 g/mol. The fourth-order valence-electron chi connectivity index (χ4n) is 1.61. The smallest absolute Gasteiger partial charge is 0.310 e. The number of hydrogen-bond donors (Lipinski definition) is 1. The van der Waals surface area contributed by atoms with Crippen LogP contribution in [0, 0.1) is 5.92 Å². The molecule has 0 unspecified atom stereocenters. The van der Waals surface area contributed by atoms with Gasteiger partial charge in [-0.3, -0.25) is 10.6 Å². The highest BCUT2D eigenvalue weighted by Crippen LogP contribution is 2.23. The van der Waals surface area contributed by atoms with E-state index in [9.17, 15) is 4.79 Å². The molecule has 2 atom stereocenters. The van der Waals surface area contributed by atoms with E-state index in [-0.39, 0.29) is 17.9 Å². The Morgan fingerprint density at radius 3 is 2.43 bits per heavy atom. The van der Waals surface area contributed by atoms with Crippen molar-refractivity contribution in [1.82, 2.24) is 5.01 Å². The zero-order valence-electron chi connectivity index (χ0n) is 9.41. The number of carbonyl (C=O) groups is 1. The first-order chi connectivity index (χ1) is 6.29. The van der Waals surface area contributed by atoms with Gasteiger partial charge in [0.1, 0.15) is 5.60 Å². The maximum Gasteiger partial charge on any atom is 0.310 e. The Morgan fingerprint density at radius 1 is 1.50 bits per heavy atom. The van der Waals surface area contributed by atoms with Gasteiger partial charge in [-0.25, -0.2) is 5.01 Å². The highest BCUT2D eigenvalue weighted by molar-refractivity contribution is 5.73. The van der Waals surface area contributed by atoms with Crippen molar-refractivity contribution in [1.29, 1.82) is 0 Å². The van der Waals surface area contributed by atoms with Crippen molar-refractivity contribution < 1.29 is 9.53 Å². The van der Waals surface area contributed by atoms with Crippen LogP contribution in [0.3, 0.4) is 0 Å². The molecule has 0 radical (unpaired) electrons. The molecule has 4 heteroatoms. The number of ether oxygens (including phenoxy) is 1. The SMILES string of the molecule is C[C@H]1C[C@H](C(=O)OC(C)(C)C)CN1N. The lowest BCUT2D eigenvalue weighted by Crippen LogP contribution is -2.35. The molecule has 14 heavy (non-hydrogen) atoms. The zero-order chi connectivity index (χ0) is 10.9. The molecule has 0 aromatic rings. The van der Waals surface area contributed by atoms with Crippen LogP contribution in [-0.4, -0.2) is 29.2 Å². The van der Waals surface area contributed by atoms with Gasteiger partial charge in [0.2, 0.25) is 0 Å². The van der Waals surface area contributed by atoms with E-state index in [4.69, 9.17) is 10.6 Å². The molecule has 0 amide bonds. The predicted octanol–water partition coefficient (Wildman–Crippen LogP) is 0.912. The maximum atomic E-state index is 11.6. The molecule has 2 N–H and O–H groups in total. The van der Waals surface area contributed by atoms with E-state index in [0.29, 0.717) is 6.54 Å². The Morgan fingerprint density at radius 2 is 2.07 bits per heavy atom. The van der Waals surface area contributed by atoms with Crippen molar-refractivity contribution in [3.63, 3.8) is 0 Å². The first kappa shape index (κ1) is 11.5. The Bertz CT molecular complexity index is 213. The van der Waals surface area contributed by atoms with Crippen LogP contribution >= 0.6 is 0 Å². The van der Waals surface area contributed by atoms with Crippen molar-refractivity contribution in [3.8, 4) is 0 Å². The molecule has 0 saturated carbocycles. The van der Waals surface area contributed by atoms with Crippen LogP contribution in [-0.2, 0) is 9.53 Å². The van der Waals surface area contributed by atoms with Crippen molar-refractivity contribution in [2.45, 2.75) is 45.8 Å². The minimum Gasteiger partial charge on any atom is -0.460 e. The van der Waals surface area contributed by atoms with Crippen molar-refractivity contribution in [3.05, 3.63) is 0 Å². The Kier molecular flexibility index (Phi) is 3.17. The van der Waals surface area contributed by atoms with Crippen LogP contribution in [0.15, 0.2) is 0 Å². The maximum absolute atomic E-state index is 11.6. The molecule has 0 aromatic carbocycles. The number of hydrogen-bond acceptors (Lipinski definition) is 4. The van der Waals surface area contributed by atoms with E-state index in [1.165, 1.54) is 0 Å². The summed E-state index contributed by atoms with van der Waals surface area (Å²) in [6.45, 7) is 8.26. The van der Waals surface area contributed by atoms with Crippen LogP contribution in [0.25, 0.3) is 0 Å². The fraction of sp³-hybridized carbons (Fsp3) is 0.900. The molecule has 1 saturated heterocycles. The van der Waals surface area contributed by atoms with Gasteiger partial charge in [-0.15, -0.1) is 0 Å². The molecule has 1 rings (SSSR count). The third kappa shape index (κ3) is 2.96. The number of hydrazine groups is 1. The van der Waals surface area contributed by atoms with Gasteiger partial charge in [0.15, 0.2) is 0 Å². The summed E-state index contributed by atoms with van der Waals surface area (Å²) in [5.41, 5.74) is -0.400. The van der Waals surface area contributed by atoms with E-state index in [1.54, 1.807) is 5.01 Å². The molecule has 1 aliphatic rings. The zero-order valence-corrected chi connectivity index (χ0v) is 9.41. The second kappa shape index (κ2) is 3.87. The lowest BCUT2D eigenvalue weighted by atomic mass is 10.1. The number of carbonyl (C=O) groups excluding carboxylic acids is 1. The average Bonchev–Trinajstić information content (AvgIpc) is 2.28. The van der Waals surface area contributed by atoms with Crippen LogP contribution in [0.5, 0.6) is 0 Å². The first-order valence-corrected chi connectivity index (χ1v) is 5.04. The van der Waals surface area contributed by atoms with Gasteiger partial charge in [-0.2, -0.15) is 0 Å². The second-order valence-electron chi connectivity index (χ2n) is 5.01. The number of nitrogens with zero attached hydrogens (tertiary/aromatic N) is 1. The van der Waals surface area contributed by atoms with Crippen LogP contribution in [0.1, 0.15) is 34.1 Å². The molecule has 4 nitrogen and oxygen atoms in total. The van der Waals surface area contributed by atoms with Gasteiger partial charge in [0.25, 0.3) is 0 Å². The molecule has 0 aliphatic carbocycles. The normalized spacial score (nSPS) is 29.2. The molecule has 1 aliphatic heterocycles. The largest absolute Gasteiger partial charge is 0.460 e. The minimum absolute atomic E-state index is 0.0609. The molecule has 0 spiro atoms. The third-order valence-corrected chi connectivity index (χ3v) is 2.36. The van der Waals surface area contributed by atoms with E-state index in [2.05, 4.69) is 0 Å². The quantitative estimate of drug-likeness (QED) is 0.505. The molecule has 0 bridgehead atoms. The molecular formula is C10H20N2O2. The average molecular weight is 200 g/mol.